The topological polar surface area (TPSA) is 159 Å². The molecule has 1 aliphatic heterocycles. The van der Waals surface area contributed by atoms with Gasteiger partial charge in [0.2, 0.25) is 5.91 Å². The number of unbranched alkanes of at least 4 members (excludes halogenated alkanes) is 1. The lowest BCUT2D eigenvalue weighted by Crippen LogP contribution is -2.56. The summed E-state index contributed by atoms with van der Waals surface area (Å²) in [6.07, 6.45) is 2.32. The van der Waals surface area contributed by atoms with Crippen molar-refractivity contribution in [2.24, 2.45) is 5.92 Å². The quantitative estimate of drug-likeness (QED) is 0.291. The number of nitrogens with zero attached hydrogens (tertiary/aromatic N) is 4. The summed E-state index contributed by atoms with van der Waals surface area (Å²) in [6, 6.07) is 9.52. The summed E-state index contributed by atoms with van der Waals surface area (Å²) in [7, 11) is 0. The van der Waals surface area contributed by atoms with Crippen LogP contribution >= 0.6 is 0 Å². The summed E-state index contributed by atoms with van der Waals surface area (Å²) in [5, 5.41) is 11.9. The average Bonchev–Trinajstić information content (AvgIpc) is 3.79. The highest BCUT2D eigenvalue weighted by Crippen LogP contribution is 2.45. The Bertz CT molecular complexity index is 1260. The molecule has 12 nitrogen and oxygen atoms in total. The van der Waals surface area contributed by atoms with E-state index in [4.69, 9.17) is 4.74 Å². The Morgan fingerprint density at radius 2 is 1.80 bits per heavy atom. The number of ether oxygens (including phenoxy) is 1. The summed E-state index contributed by atoms with van der Waals surface area (Å²) in [5.74, 6) is -2.13. The fourth-order valence-corrected chi connectivity index (χ4v) is 4.68. The van der Waals surface area contributed by atoms with Gasteiger partial charge in [0.15, 0.2) is 5.82 Å². The smallest absolute Gasteiger partial charge is 0.409 e. The van der Waals surface area contributed by atoms with E-state index in [-0.39, 0.29) is 56.6 Å². The number of hydrogen-bond donors (Lipinski definition) is 2. The monoisotopic (exact) mass is 565 g/mol. The summed E-state index contributed by atoms with van der Waals surface area (Å²) in [6.45, 7) is 3.33. The van der Waals surface area contributed by atoms with Gasteiger partial charge in [-0.05, 0) is 25.3 Å². The number of hydrogen-bond acceptors (Lipinski definition) is 8. The molecule has 218 valence electrons. The lowest BCUT2D eigenvalue weighted by Gasteiger charge is -2.36. The highest BCUT2D eigenvalue weighted by molar-refractivity contribution is 5.96. The van der Waals surface area contributed by atoms with Crippen LogP contribution in [-0.4, -0.2) is 93.9 Å². The van der Waals surface area contributed by atoms with Crippen LogP contribution in [0.2, 0.25) is 0 Å². The highest BCUT2D eigenvalue weighted by Gasteiger charge is 2.40. The molecule has 4 rings (SSSR count). The summed E-state index contributed by atoms with van der Waals surface area (Å²) < 4.78 is 5.25. The molecular formula is C29H35N5O7. The third kappa shape index (κ3) is 7.86. The highest BCUT2D eigenvalue weighted by atomic mass is 16.6. The van der Waals surface area contributed by atoms with Crippen LogP contribution in [0, 0.1) is 5.92 Å². The van der Waals surface area contributed by atoms with Crippen molar-refractivity contribution in [3.8, 4) is 11.4 Å². The molecule has 1 saturated heterocycles. The third-order valence-electron chi connectivity index (χ3n) is 7.23. The second kappa shape index (κ2) is 13.8. The maximum atomic E-state index is 13.4. The number of nitrogens with one attached hydrogen (secondary N) is 1. The second-order valence-electron chi connectivity index (χ2n) is 10.2. The SMILES string of the molecule is CCCCOC(=O)N1CCN(C(=O)[C@H](CCC(=O)O)NC(=O)c2cc([C@H]3CC3C=O)nc(-c3ccccc3)n2)CC1. The number of aliphatic carboxylic acids is 1. The molecule has 41 heavy (non-hydrogen) atoms. The number of carbonyl (C=O) groups excluding carboxylic acids is 4. The van der Waals surface area contributed by atoms with E-state index in [1.54, 1.807) is 0 Å². The Balaban J connectivity index is 1.48. The lowest BCUT2D eigenvalue weighted by molar-refractivity contribution is -0.138. The number of amides is 3. The Labute approximate surface area is 238 Å². The standard InChI is InChI=1S/C29H35N5O7/c1-2-3-15-41-29(40)34-13-11-33(12-14-34)28(39)22(9-10-25(36)37)32-27(38)24-17-23(21-16-20(21)18-35)30-26(31-24)19-7-5-4-6-8-19/h4-8,17-18,20-22H,2-3,9-16H2,1H3,(H,32,38)(H,36,37)/t20?,21-,22-/m0/s1. The van der Waals surface area contributed by atoms with Crippen LogP contribution in [0.4, 0.5) is 4.79 Å². The first-order valence-corrected chi connectivity index (χ1v) is 13.9. The first-order valence-electron chi connectivity index (χ1n) is 13.9. The van der Waals surface area contributed by atoms with Crippen molar-refractivity contribution in [3.05, 3.63) is 47.8 Å². The molecule has 1 aliphatic carbocycles. The van der Waals surface area contributed by atoms with E-state index in [1.165, 1.54) is 15.9 Å². The fourth-order valence-electron chi connectivity index (χ4n) is 4.68. The number of rotatable bonds is 12. The number of carboxylic acid groups (broad SMARTS) is 1. The molecule has 2 fully saturated rings. The van der Waals surface area contributed by atoms with Crippen molar-refractivity contribution < 1.29 is 33.8 Å². The summed E-state index contributed by atoms with van der Waals surface area (Å²) in [4.78, 5) is 73.8. The normalized spacial score (nSPS) is 18.8. The molecule has 12 heteroatoms. The van der Waals surface area contributed by atoms with E-state index in [1.807, 2.05) is 37.3 Å². The van der Waals surface area contributed by atoms with Gasteiger partial charge in [0, 0.05) is 55.7 Å². The van der Waals surface area contributed by atoms with Crippen molar-refractivity contribution in [3.63, 3.8) is 0 Å². The molecule has 0 spiro atoms. The number of piperazine rings is 1. The molecule has 3 atom stereocenters. The number of carboxylic acids is 1. The van der Waals surface area contributed by atoms with Gasteiger partial charge in [-0.15, -0.1) is 0 Å². The molecule has 1 saturated carbocycles. The number of benzene rings is 1. The van der Waals surface area contributed by atoms with Crippen LogP contribution in [0.1, 0.15) is 61.1 Å². The van der Waals surface area contributed by atoms with Gasteiger partial charge in [-0.3, -0.25) is 14.4 Å². The van der Waals surface area contributed by atoms with Crippen molar-refractivity contribution in [2.45, 2.75) is 51.0 Å². The summed E-state index contributed by atoms with van der Waals surface area (Å²) in [5.41, 5.74) is 1.28. The van der Waals surface area contributed by atoms with Crippen LogP contribution < -0.4 is 5.32 Å². The van der Waals surface area contributed by atoms with Gasteiger partial charge in [0.25, 0.3) is 5.91 Å². The Hall–Kier alpha value is -4.35. The molecule has 1 unspecified atom stereocenters. The lowest BCUT2D eigenvalue weighted by atomic mass is 10.1. The minimum absolute atomic E-state index is 0.0261. The van der Waals surface area contributed by atoms with Crippen LogP contribution in [0.3, 0.4) is 0 Å². The molecule has 2 aromatic rings. The maximum Gasteiger partial charge on any atom is 0.409 e. The Morgan fingerprint density at radius 3 is 2.44 bits per heavy atom. The van der Waals surface area contributed by atoms with E-state index in [9.17, 15) is 29.1 Å². The number of carbonyl (C=O) groups is 5. The Morgan fingerprint density at radius 1 is 1.10 bits per heavy atom. The zero-order valence-electron chi connectivity index (χ0n) is 23.0. The van der Waals surface area contributed by atoms with Crippen LogP contribution in [0.5, 0.6) is 0 Å². The predicted molar refractivity (Wildman–Crippen MR) is 147 cm³/mol. The van der Waals surface area contributed by atoms with Crippen LogP contribution in [-0.2, 0) is 19.1 Å². The van der Waals surface area contributed by atoms with Crippen LogP contribution in [0.15, 0.2) is 36.4 Å². The molecule has 3 amide bonds. The first kappa shape index (κ1) is 29.6. The molecular weight excluding hydrogens is 530 g/mol. The number of aromatic nitrogens is 2. The zero-order valence-corrected chi connectivity index (χ0v) is 23.0. The maximum absolute atomic E-state index is 13.4. The largest absolute Gasteiger partial charge is 0.481 e. The van der Waals surface area contributed by atoms with E-state index in [2.05, 4.69) is 15.3 Å². The van der Waals surface area contributed by atoms with Gasteiger partial charge in [0.05, 0.1) is 6.61 Å². The van der Waals surface area contributed by atoms with E-state index >= 15 is 0 Å². The average molecular weight is 566 g/mol. The minimum atomic E-state index is -1.11. The van der Waals surface area contributed by atoms with Crippen molar-refractivity contribution >= 4 is 30.2 Å². The molecule has 2 aliphatic rings. The number of aldehydes is 1. The molecule has 0 radical (unpaired) electrons. The van der Waals surface area contributed by atoms with Crippen LogP contribution in [0.25, 0.3) is 11.4 Å². The molecule has 0 bridgehead atoms. The molecule has 1 aromatic carbocycles. The zero-order chi connectivity index (χ0) is 29.4. The minimum Gasteiger partial charge on any atom is -0.481 e. The van der Waals surface area contributed by atoms with E-state index in [0.29, 0.717) is 30.1 Å². The molecule has 2 heterocycles. The first-order chi connectivity index (χ1) is 19.8. The van der Waals surface area contributed by atoms with E-state index < -0.39 is 29.9 Å². The summed E-state index contributed by atoms with van der Waals surface area (Å²) >= 11 is 0. The van der Waals surface area contributed by atoms with Gasteiger partial charge in [-0.2, -0.15) is 0 Å². The van der Waals surface area contributed by atoms with Gasteiger partial charge >= 0.3 is 12.1 Å². The van der Waals surface area contributed by atoms with Gasteiger partial charge in [-0.25, -0.2) is 14.8 Å². The van der Waals surface area contributed by atoms with Gasteiger partial charge < -0.3 is 29.8 Å². The molecule has 2 N–H and O–H groups in total. The predicted octanol–water partition coefficient (Wildman–Crippen LogP) is 2.49. The van der Waals surface area contributed by atoms with E-state index in [0.717, 1.165) is 19.1 Å². The van der Waals surface area contributed by atoms with Crippen molar-refractivity contribution in [1.29, 1.82) is 0 Å². The second-order valence-corrected chi connectivity index (χ2v) is 10.2. The third-order valence-corrected chi connectivity index (χ3v) is 7.23. The van der Waals surface area contributed by atoms with Crippen molar-refractivity contribution in [1.82, 2.24) is 25.1 Å². The van der Waals surface area contributed by atoms with Gasteiger partial charge in [-0.1, -0.05) is 43.7 Å². The Kier molecular flexibility index (Phi) is 9.99. The molecule has 1 aromatic heterocycles. The van der Waals surface area contributed by atoms with Crippen molar-refractivity contribution in [2.75, 3.05) is 32.8 Å². The fraction of sp³-hybridized carbons (Fsp3) is 0.483. The van der Waals surface area contributed by atoms with Gasteiger partial charge in [0.1, 0.15) is 18.0 Å².